The van der Waals surface area contributed by atoms with E-state index < -0.39 is 0 Å². The first-order chi connectivity index (χ1) is 7.79. The van der Waals surface area contributed by atoms with Gasteiger partial charge in [0.1, 0.15) is 0 Å². The van der Waals surface area contributed by atoms with Crippen LogP contribution in [0.5, 0.6) is 0 Å². The van der Waals surface area contributed by atoms with Crippen LogP contribution in [0.25, 0.3) is 0 Å². The Bertz CT molecular complexity index is 313. The van der Waals surface area contributed by atoms with Crippen LogP contribution in [0.4, 0.5) is 0 Å². The average molecular weight is 221 g/mol. The fraction of sp³-hybridized carbons (Fsp3) is 0.769. The lowest BCUT2D eigenvalue weighted by Crippen LogP contribution is -2.18. The number of nitrogens with one attached hydrogen (secondary N) is 1. The molecule has 16 heavy (non-hydrogen) atoms. The van der Waals surface area contributed by atoms with E-state index in [9.17, 15) is 0 Å². The van der Waals surface area contributed by atoms with E-state index in [2.05, 4.69) is 29.2 Å². The highest BCUT2D eigenvalue weighted by Gasteiger charge is 2.17. The molecular weight excluding hydrogens is 198 g/mol. The van der Waals surface area contributed by atoms with Crippen molar-refractivity contribution in [2.75, 3.05) is 13.6 Å². The van der Waals surface area contributed by atoms with Crippen molar-refractivity contribution < 1.29 is 0 Å². The summed E-state index contributed by atoms with van der Waals surface area (Å²) in [6, 6.07) is 2.86. The van der Waals surface area contributed by atoms with E-state index in [-0.39, 0.29) is 0 Å². The van der Waals surface area contributed by atoms with Crippen molar-refractivity contribution in [2.24, 2.45) is 5.92 Å². The minimum atomic E-state index is 0.664. The van der Waals surface area contributed by atoms with Crippen LogP contribution >= 0.6 is 0 Å². The normalized spacial score (nSPS) is 19.1. The number of nitrogens with zero attached hydrogens (tertiary/aromatic N) is 2. The molecule has 0 bridgehead atoms. The van der Waals surface area contributed by atoms with Crippen LogP contribution < -0.4 is 5.32 Å². The zero-order valence-electron chi connectivity index (χ0n) is 10.4. The van der Waals surface area contributed by atoms with Gasteiger partial charge in [0.2, 0.25) is 0 Å². The Labute approximate surface area is 98.2 Å². The zero-order chi connectivity index (χ0) is 11.4. The molecule has 0 amide bonds. The molecule has 1 unspecified atom stereocenters. The van der Waals surface area contributed by atoms with Crippen molar-refractivity contribution in [3.63, 3.8) is 0 Å². The first-order valence-electron chi connectivity index (χ1n) is 6.48. The van der Waals surface area contributed by atoms with Crippen LogP contribution in [-0.2, 0) is 6.42 Å². The van der Waals surface area contributed by atoms with Crippen molar-refractivity contribution in [2.45, 2.75) is 45.1 Å². The van der Waals surface area contributed by atoms with Gasteiger partial charge < -0.3 is 5.32 Å². The Morgan fingerprint density at radius 2 is 2.25 bits per heavy atom. The Morgan fingerprint density at radius 1 is 1.50 bits per heavy atom. The molecule has 1 N–H and O–H groups in total. The Balaban J connectivity index is 1.91. The summed E-state index contributed by atoms with van der Waals surface area (Å²) >= 11 is 0. The van der Waals surface area contributed by atoms with Crippen LogP contribution in [0.2, 0.25) is 0 Å². The predicted octanol–water partition coefficient (Wildman–Crippen LogP) is 2.40. The second-order valence-electron chi connectivity index (χ2n) is 5.09. The van der Waals surface area contributed by atoms with Crippen molar-refractivity contribution in [1.82, 2.24) is 15.1 Å². The van der Waals surface area contributed by atoms with Crippen molar-refractivity contribution >= 4 is 0 Å². The van der Waals surface area contributed by atoms with E-state index >= 15 is 0 Å². The van der Waals surface area contributed by atoms with Crippen molar-refractivity contribution in [3.8, 4) is 0 Å². The fourth-order valence-electron chi connectivity index (χ4n) is 2.64. The van der Waals surface area contributed by atoms with E-state index in [1.54, 1.807) is 0 Å². The van der Waals surface area contributed by atoms with Gasteiger partial charge in [-0.3, -0.25) is 4.68 Å². The second-order valence-corrected chi connectivity index (χ2v) is 5.09. The zero-order valence-corrected chi connectivity index (χ0v) is 10.4. The Morgan fingerprint density at radius 3 is 2.94 bits per heavy atom. The van der Waals surface area contributed by atoms with E-state index in [0.717, 1.165) is 13.0 Å². The highest BCUT2D eigenvalue weighted by molar-refractivity contribution is 5.01. The van der Waals surface area contributed by atoms with Gasteiger partial charge in [0.25, 0.3) is 0 Å². The lowest BCUT2D eigenvalue weighted by molar-refractivity contribution is 0.456. The third-order valence-corrected chi connectivity index (χ3v) is 3.47. The molecule has 0 aromatic carbocycles. The molecule has 1 fully saturated rings. The molecule has 1 heterocycles. The summed E-state index contributed by atoms with van der Waals surface area (Å²) in [5.74, 6) is 0.664. The first-order valence-corrected chi connectivity index (χ1v) is 6.48. The van der Waals surface area contributed by atoms with Crippen LogP contribution in [0.3, 0.4) is 0 Å². The van der Waals surface area contributed by atoms with Gasteiger partial charge in [-0.2, -0.15) is 5.10 Å². The Hall–Kier alpha value is -0.830. The maximum absolute atomic E-state index is 4.70. The molecule has 2 rings (SSSR count). The van der Waals surface area contributed by atoms with Crippen LogP contribution in [0.1, 0.15) is 44.3 Å². The first kappa shape index (κ1) is 11.6. The van der Waals surface area contributed by atoms with Gasteiger partial charge in [-0.15, -0.1) is 0 Å². The molecule has 0 saturated heterocycles. The van der Waals surface area contributed by atoms with Gasteiger partial charge in [0.05, 0.1) is 11.7 Å². The number of hydrogen-bond acceptors (Lipinski definition) is 2. The number of hydrogen-bond donors (Lipinski definition) is 1. The van der Waals surface area contributed by atoms with E-state index in [1.165, 1.54) is 31.4 Å². The number of rotatable bonds is 5. The van der Waals surface area contributed by atoms with Gasteiger partial charge in [0, 0.05) is 6.20 Å². The third-order valence-electron chi connectivity index (χ3n) is 3.47. The van der Waals surface area contributed by atoms with E-state index in [4.69, 9.17) is 5.10 Å². The van der Waals surface area contributed by atoms with Gasteiger partial charge >= 0.3 is 0 Å². The highest BCUT2D eigenvalue weighted by atomic mass is 15.3. The van der Waals surface area contributed by atoms with E-state index in [1.807, 2.05) is 7.05 Å². The number of aromatic nitrogens is 2. The summed E-state index contributed by atoms with van der Waals surface area (Å²) in [6.45, 7) is 3.33. The molecule has 1 atom stereocenters. The summed E-state index contributed by atoms with van der Waals surface area (Å²) in [4.78, 5) is 0. The third kappa shape index (κ3) is 2.85. The lowest BCUT2D eigenvalue weighted by atomic mass is 10.1. The topological polar surface area (TPSA) is 29.9 Å². The molecule has 0 aliphatic heterocycles. The second kappa shape index (κ2) is 5.48. The van der Waals surface area contributed by atoms with Crippen LogP contribution in [-0.4, -0.2) is 23.4 Å². The average Bonchev–Trinajstić information content (AvgIpc) is 2.86. The van der Waals surface area contributed by atoms with E-state index in [0.29, 0.717) is 12.0 Å². The molecule has 1 aliphatic carbocycles. The summed E-state index contributed by atoms with van der Waals surface area (Å²) in [5, 5.41) is 7.92. The van der Waals surface area contributed by atoms with Gasteiger partial charge in [-0.25, -0.2) is 0 Å². The minimum Gasteiger partial charge on any atom is -0.319 e. The predicted molar refractivity (Wildman–Crippen MR) is 66.5 cm³/mol. The minimum absolute atomic E-state index is 0.664. The highest BCUT2D eigenvalue weighted by Crippen LogP contribution is 2.28. The maximum Gasteiger partial charge on any atom is 0.0627 e. The molecule has 1 saturated carbocycles. The lowest BCUT2D eigenvalue weighted by Gasteiger charge is -2.10. The summed E-state index contributed by atoms with van der Waals surface area (Å²) < 4.78 is 2.19. The monoisotopic (exact) mass is 221 g/mol. The van der Waals surface area contributed by atoms with Gasteiger partial charge in [0.15, 0.2) is 0 Å². The van der Waals surface area contributed by atoms with Crippen LogP contribution in [0, 0.1) is 5.92 Å². The van der Waals surface area contributed by atoms with Crippen molar-refractivity contribution in [3.05, 3.63) is 18.0 Å². The SMILES string of the molecule is CNCC(C)Cc1ccn(C2CCCC2)n1. The molecular formula is C13H23N3. The molecule has 0 spiro atoms. The van der Waals surface area contributed by atoms with Crippen LogP contribution in [0.15, 0.2) is 12.3 Å². The molecule has 3 nitrogen and oxygen atoms in total. The largest absolute Gasteiger partial charge is 0.319 e. The maximum atomic E-state index is 4.70. The smallest absolute Gasteiger partial charge is 0.0627 e. The molecule has 90 valence electrons. The summed E-state index contributed by atoms with van der Waals surface area (Å²) in [6.07, 6.45) is 8.62. The summed E-state index contributed by atoms with van der Waals surface area (Å²) in [7, 11) is 2.01. The molecule has 0 radical (unpaired) electrons. The molecule has 1 aromatic heterocycles. The molecule has 3 heteroatoms. The summed E-state index contributed by atoms with van der Waals surface area (Å²) in [5.41, 5.74) is 1.25. The Kier molecular flexibility index (Phi) is 3.99. The van der Waals surface area contributed by atoms with Crippen molar-refractivity contribution in [1.29, 1.82) is 0 Å². The van der Waals surface area contributed by atoms with Gasteiger partial charge in [-0.1, -0.05) is 19.8 Å². The van der Waals surface area contributed by atoms with Gasteiger partial charge in [-0.05, 0) is 44.8 Å². The molecule has 1 aromatic rings. The molecule has 1 aliphatic rings. The standard InChI is InChI=1S/C13H23N3/c1-11(10-14-2)9-12-7-8-16(15-12)13-5-3-4-6-13/h7-8,11,13-14H,3-6,9-10H2,1-2H3. The quantitative estimate of drug-likeness (QED) is 0.827. The fourth-order valence-corrected chi connectivity index (χ4v) is 2.64.